The van der Waals surface area contributed by atoms with Gasteiger partial charge in [-0.25, -0.2) is 30.7 Å². The van der Waals surface area contributed by atoms with Crippen molar-refractivity contribution in [2.24, 2.45) is 0 Å². The third-order valence-corrected chi connectivity index (χ3v) is 7.97. The lowest BCUT2D eigenvalue weighted by Crippen LogP contribution is -2.24. The van der Waals surface area contributed by atoms with Crippen molar-refractivity contribution in [2.75, 3.05) is 14.1 Å². The van der Waals surface area contributed by atoms with E-state index in [-0.39, 0.29) is 34.5 Å². The second kappa shape index (κ2) is 9.87. The number of esters is 1. The van der Waals surface area contributed by atoms with Crippen LogP contribution in [0.15, 0.2) is 75.1 Å². The molecule has 3 rings (SSSR count). The highest BCUT2D eigenvalue weighted by atomic mass is 32.2. The van der Waals surface area contributed by atoms with Crippen molar-refractivity contribution >= 4 is 26.0 Å². The maximum Gasteiger partial charge on any atom is 0.338 e. The van der Waals surface area contributed by atoms with Crippen LogP contribution in [0, 0.1) is 6.92 Å². The summed E-state index contributed by atoms with van der Waals surface area (Å²) in [7, 11) is -4.89. The van der Waals surface area contributed by atoms with Gasteiger partial charge >= 0.3 is 5.97 Å². The van der Waals surface area contributed by atoms with Gasteiger partial charge in [-0.15, -0.1) is 0 Å². The third-order valence-electron chi connectivity index (χ3n) is 4.74. The molecule has 33 heavy (non-hydrogen) atoms. The zero-order valence-corrected chi connectivity index (χ0v) is 19.9. The lowest BCUT2D eigenvalue weighted by molar-refractivity contribution is 0.0440. The van der Waals surface area contributed by atoms with Gasteiger partial charge in [-0.05, 0) is 42.3 Å². The number of hydrogen-bond donors (Lipinski definition) is 1. The summed E-state index contributed by atoms with van der Waals surface area (Å²) in [6.45, 7) is 1.42. The van der Waals surface area contributed by atoms with E-state index < -0.39 is 26.0 Å². The molecule has 0 saturated carbocycles. The fraction of sp³-hybridized carbons (Fsp3) is 0.227. The number of aryl methyl sites for hydroxylation is 1. The standard InChI is InChI=1S/C22H24N2O7S2/c1-16-9-10-18(13-20(16)32(26,27)23-14-17-7-5-4-6-8-17)22(25)30-15-19-11-12-21(31-19)33(28,29)24(2)3/h4-13,23H,14-15H2,1-3H3. The van der Waals surface area contributed by atoms with Crippen molar-refractivity contribution in [3.63, 3.8) is 0 Å². The summed E-state index contributed by atoms with van der Waals surface area (Å²) in [5, 5.41) is -0.272. The van der Waals surface area contributed by atoms with Crippen LogP contribution in [-0.4, -0.2) is 41.2 Å². The fourth-order valence-corrected chi connectivity index (χ4v) is 4.94. The summed E-state index contributed by atoms with van der Waals surface area (Å²) in [6, 6.07) is 15.9. The largest absolute Gasteiger partial charge is 0.454 e. The number of nitrogens with one attached hydrogen (secondary N) is 1. The molecule has 0 fully saturated rings. The van der Waals surface area contributed by atoms with Crippen LogP contribution < -0.4 is 4.72 Å². The van der Waals surface area contributed by atoms with Gasteiger partial charge in [0.1, 0.15) is 12.4 Å². The predicted octanol–water partition coefficient (Wildman–Crippen LogP) is 2.67. The third kappa shape index (κ3) is 5.88. The minimum Gasteiger partial charge on any atom is -0.454 e. The maximum atomic E-state index is 12.8. The molecule has 0 aliphatic carbocycles. The SMILES string of the molecule is Cc1ccc(C(=O)OCc2ccc(S(=O)(=O)N(C)C)o2)cc1S(=O)(=O)NCc1ccccc1. The molecule has 1 heterocycles. The molecule has 1 aromatic heterocycles. The number of carbonyl (C=O) groups is 1. The number of nitrogens with zero attached hydrogens (tertiary/aromatic N) is 1. The van der Waals surface area contributed by atoms with Crippen LogP contribution in [0.1, 0.15) is 27.2 Å². The molecular weight excluding hydrogens is 468 g/mol. The van der Waals surface area contributed by atoms with Gasteiger partial charge in [-0.3, -0.25) is 0 Å². The number of carbonyl (C=O) groups excluding carboxylic acids is 1. The summed E-state index contributed by atoms with van der Waals surface area (Å²) < 4.78 is 63.7. The Bertz CT molecular complexity index is 1350. The van der Waals surface area contributed by atoms with Crippen molar-refractivity contribution < 1.29 is 30.8 Å². The molecule has 0 aliphatic rings. The zero-order valence-electron chi connectivity index (χ0n) is 18.3. The van der Waals surface area contributed by atoms with Crippen molar-refractivity contribution in [3.05, 3.63) is 83.1 Å². The maximum absolute atomic E-state index is 12.8. The second-order valence-corrected chi connectivity index (χ2v) is 11.2. The first kappa shape index (κ1) is 24.6. The van der Waals surface area contributed by atoms with E-state index in [1.165, 1.54) is 44.4 Å². The Kier molecular flexibility index (Phi) is 7.38. The average molecular weight is 493 g/mol. The quantitative estimate of drug-likeness (QED) is 0.456. The van der Waals surface area contributed by atoms with Gasteiger partial charge in [0, 0.05) is 20.6 Å². The number of rotatable bonds is 9. The molecule has 0 unspecified atom stereocenters. The molecule has 0 saturated heterocycles. The number of furan rings is 1. The van der Waals surface area contributed by atoms with Crippen LogP contribution in [0.4, 0.5) is 0 Å². The molecular formula is C22H24N2O7S2. The molecule has 2 aromatic carbocycles. The minimum atomic E-state index is -3.88. The smallest absolute Gasteiger partial charge is 0.338 e. The van der Waals surface area contributed by atoms with Gasteiger partial charge in [0.15, 0.2) is 0 Å². The molecule has 1 N–H and O–H groups in total. The number of hydrogen-bond acceptors (Lipinski definition) is 7. The van der Waals surface area contributed by atoms with Crippen molar-refractivity contribution in [2.45, 2.75) is 30.1 Å². The molecule has 0 amide bonds. The topological polar surface area (TPSA) is 123 Å². The number of benzene rings is 2. The van der Waals surface area contributed by atoms with E-state index in [0.29, 0.717) is 5.56 Å². The van der Waals surface area contributed by atoms with Crippen LogP contribution in [0.3, 0.4) is 0 Å². The van der Waals surface area contributed by atoms with Crippen molar-refractivity contribution in [1.29, 1.82) is 0 Å². The van der Waals surface area contributed by atoms with Crippen LogP contribution >= 0.6 is 0 Å². The Hall–Kier alpha value is -2.99. The Morgan fingerprint density at radius 1 is 1.00 bits per heavy atom. The Morgan fingerprint density at radius 3 is 2.36 bits per heavy atom. The summed E-state index contributed by atoms with van der Waals surface area (Å²) in [4.78, 5) is 12.5. The molecule has 0 bridgehead atoms. The predicted molar refractivity (Wildman–Crippen MR) is 120 cm³/mol. The van der Waals surface area contributed by atoms with Gasteiger partial charge in [0.25, 0.3) is 10.0 Å². The Balaban J connectivity index is 1.71. The average Bonchev–Trinajstić information content (AvgIpc) is 3.27. The fourth-order valence-electron chi connectivity index (χ4n) is 2.84. The molecule has 3 aromatic rings. The highest BCUT2D eigenvalue weighted by Crippen LogP contribution is 2.20. The second-order valence-electron chi connectivity index (χ2n) is 7.37. The van der Waals surface area contributed by atoms with Gasteiger partial charge in [-0.1, -0.05) is 36.4 Å². The van der Waals surface area contributed by atoms with Crippen LogP contribution in [0.25, 0.3) is 0 Å². The highest BCUT2D eigenvalue weighted by Gasteiger charge is 2.23. The summed E-state index contributed by atoms with van der Waals surface area (Å²) in [5.41, 5.74) is 1.30. The van der Waals surface area contributed by atoms with E-state index in [1.807, 2.05) is 18.2 Å². The summed E-state index contributed by atoms with van der Waals surface area (Å²) in [5.74, 6) is -0.642. The number of ether oxygens (including phenoxy) is 1. The van der Waals surface area contributed by atoms with E-state index in [4.69, 9.17) is 9.15 Å². The van der Waals surface area contributed by atoms with Crippen LogP contribution in [-0.2, 0) is 37.9 Å². The van der Waals surface area contributed by atoms with Crippen molar-refractivity contribution in [1.82, 2.24) is 9.03 Å². The Morgan fingerprint density at radius 2 is 1.70 bits per heavy atom. The molecule has 0 radical (unpaired) electrons. The van der Waals surface area contributed by atoms with Gasteiger partial charge in [0.05, 0.1) is 10.5 Å². The van der Waals surface area contributed by atoms with Crippen LogP contribution in [0.5, 0.6) is 0 Å². The van der Waals surface area contributed by atoms with E-state index >= 15 is 0 Å². The molecule has 9 nitrogen and oxygen atoms in total. The minimum absolute atomic E-state index is 0.0355. The lowest BCUT2D eigenvalue weighted by Gasteiger charge is -2.11. The van der Waals surface area contributed by atoms with E-state index in [1.54, 1.807) is 19.1 Å². The molecule has 0 aliphatic heterocycles. The van der Waals surface area contributed by atoms with Crippen LogP contribution in [0.2, 0.25) is 0 Å². The van der Waals surface area contributed by atoms with Gasteiger partial charge in [-0.2, -0.15) is 0 Å². The van der Waals surface area contributed by atoms with E-state index in [0.717, 1.165) is 9.87 Å². The highest BCUT2D eigenvalue weighted by molar-refractivity contribution is 7.89. The first-order chi connectivity index (χ1) is 15.5. The lowest BCUT2D eigenvalue weighted by atomic mass is 10.1. The number of sulfonamides is 2. The zero-order chi connectivity index (χ0) is 24.2. The summed E-state index contributed by atoms with van der Waals surface area (Å²) in [6.07, 6.45) is 0. The summed E-state index contributed by atoms with van der Waals surface area (Å²) >= 11 is 0. The first-order valence-electron chi connectivity index (χ1n) is 9.83. The normalized spacial score (nSPS) is 12.1. The van der Waals surface area contributed by atoms with E-state index in [9.17, 15) is 21.6 Å². The van der Waals surface area contributed by atoms with Gasteiger partial charge in [0.2, 0.25) is 15.1 Å². The molecule has 11 heteroatoms. The van der Waals surface area contributed by atoms with E-state index in [2.05, 4.69) is 4.72 Å². The van der Waals surface area contributed by atoms with Crippen molar-refractivity contribution in [3.8, 4) is 0 Å². The molecule has 0 spiro atoms. The van der Waals surface area contributed by atoms with Gasteiger partial charge < -0.3 is 9.15 Å². The monoisotopic (exact) mass is 492 g/mol. The molecule has 0 atom stereocenters. The first-order valence-corrected chi connectivity index (χ1v) is 12.8. The Labute approximate surface area is 193 Å². The molecule has 176 valence electrons.